The van der Waals surface area contributed by atoms with Crippen molar-refractivity contribution in [2.24, 2.45) is 4.99 Å². The quantitative estimate of drug-likeness (QED) is 0.184. The van der Waals surface area contributed by atoms with E-state index in [-0.39, 0.29) is 12.3 Å². The second-order valence-electron chi connectivity index (χ2n) is 14.0. The zero-order valence-electron chi connectivity index (χ0n) is 29.2. The Morgan fingerprint density at radius 3 is 1.75 bits per heavy atom. The van der Waals surface area contributed by atoms with Crippen molar-refractivity contribution in [3.05, 3.63) is 239 Å². The van der Waals surface area contributed by atoms with Gasteiger partial charge >= 0.3 is 0 Å². The van der Waals surface area contributed by atoms with Gasteiger partial charge in [-0.2, -0.15) is 0 Å². The topological polar surface area (TPSA) is 36.4 Å². The van der Waals surface area contributed by atoms with E-state index < -0.39 is 5.41 Å². The fourth-order valence-electron chi connectivity index (χ4n) is 8.61. The molecule has 2 atom stereocenters. The van der Waals surface area contributed by atoms with Crippen LogP contribution < -0.4 is 10.6 Å². The van der Waals surface area contributed by atoms with Crippen LogP contribution in [0.4, 0.5) is 0 Å². The van der Waals surface area contributed by atoms with Crippen molar-refractivity contribution in [3.63, 3.8) is 0 Å². The van der Waals surface area contributed by atoms with Gasteiger partial charge in [0.05, 0.1) is 5.41 Å². The van der Waals surface area contributed by atoms with Crippen molar-refractivity contribution in [2.45, 2.75) is 17.7 Å². The van der Waals surface area contributed by atoms with Crippen LogP contribution in [0.5, 0.6) is 0 Å². The van der Waals surface area contributed by atoms with E-state index in [1.165, 1.54) is 55.3 Å². The first-order valence-electron chi connectivity index (χ1n) is 18.4. The van der Waals surface area contributed by atoms with Crippen LogP contribution in [-0.4, -0.2) is 5.84 Å². The lowest BCUT2D eigenvalue weighted by Crippen LogP contribution is -2.44. The highest BCUT2D eigenvalue weighted by Crippen LogP contribution is 2.58. The van der Waals surface area contributed by atoms with Crippen LogP contribution in [0.3, 0.4) is 0 Å². The van der Waals surface area contributed by atoms with Gasteiger partial charge in [-0.3, -0.25) is 5.32 Å². The number of aliphatic imine (C=N–C) groups is 1. The molecule has 0 aromatic heterocycles. The SMILES string of the molecule is c1ccc(C2=NC(c3ccc4ccccc4c3)NC(c3ccc(-c4cccc5c4-c4ccccc4C5(c4ccccc4)c4ccccc4)cc3)N2)cc1. The molecule has 8 aromatic carbocycles. The summed E-state index contributed by atoms with van der Waals surface area (Å²) in [6.07, 6.45) is -0.349. The van der Waals surface area contributed by atoms with E-state index in [0.29, 0.717) is 0 Å². The van der Waals surface area contributed by atoms with Crippen LogP contribution in [0, 0.1) is 0 Å². The van der Waals surface area contributed by atoms with Crippen LogP contribution in [0.1, 0.15) is 51.3 Å². The normalized spacial score (nSPS) is 17.0. The van der Waals surface area contributed by atoms with Crippen molar-refractivity contribution in [3.8, 4) is 22.3 Å². The Hall–Kier alpha value is -6.55. The minimum Gasteiger partial charge on any atom is -0.350 e. The van der Waals surface area contributed by atoms with E-state index in [9.17, 15) is 0 Å². The lowest BCUT2D eigenvalue weighted by Gasteiger charge is -2.34. The number of nitrogens with zero attached hydrogens (tertiary/aromatic N) is 1. The molecule has 3 heteroatoms. The Labute approximate surface area is 310 Å². The standard InChI is InChI=1S/C50H37N3/c1-4-16-36(17-5-1)47-51-48(53-49(52-47)39-32-27-34-15-10-11-18-38(34)33-39)37-30-28-35(29-31-37)42-24-14-26-45-46(42)43-23-12-13-25-44(43)50(45,40-19-6-2-7-20-40)41-21-8-3-9-22-41/h1-33,48-49,53H,(H,51,52). The van der Waals surface area contributed by atoms with Gasteiger partial charge in [-0.1, -0.05) is 194 Å². The van der Waals surface area contributed by atoms with Crippen molar-refractivity contribution in [1.82, 2.24) is 10.6 Å². The lowest BCUT2D eigenvalue weighted by atomic mass is 9.67. The van der Waals surface area contributed by atoms with Gasteiger partial charge in [0.15, 0.2) is 0 Å². The number of hydrogen-bond acceptors (Lipinski definition) is 3. The first kappa shape index (κ1) is 31.2. The fraction of sp³-hybridized carbons (Fsp3) is 0.0600. The summed E-state index contributed by atoms with van der Waals surface area (Å²) in [7, 11) is 0. The molecule has 252 valence electrons. The largest absolute Gasteiger partial charge is 0.350 e. The lowest BCUT2D eigenvalue weighted by molar-refractivity contribution is 0.409. The molecular weight excluding hydrogens is 643 g/mol. The molecule has 1 heterocycles. The third-order valence-corrected chi connectivity index (χ3v) is 11.0. The van der Waals surface area contributed by atoms with E-state index in [4.69, 9.17) is 4.99 Å². The molecule has 1 aliphatic heterocycles. The molecule has 0 saturated heterocycles. The van der Waals surface area contributed by atoms with Crippen molar-refractivity contribution >= 4 is 16.6 Å². The Bertz CT molecular complexity index is 2570. The second-order valence-corrected chi connectivity index (χ2v) is 14.0. The molecule has 0 bridgehead atoms. The number of amidine groups is 1. The van der Waals surface area contributed by atoms with E-state index in [0.717, 1.165) is 22.5 Å². The third-order valence-electron chi connectivity index (χ3n) is 11.0. The average Bonchev–Trinajstić information content (AvgIpc) is 3.56. The van der Waals surface area contributed by atoms with Gasteiger partial charge in [0.25, 0.3) is 0 Å². The van der Waals surface area contributed by atoms with Crippen molar-refractivity contribution in [1.29, 1.82) is 0 Å². The summed E-state index contributed by atoms with van der Waals surface area (Å²) in [5.41, 5.74) is 13.1. The van der Waals surface area contributed by atoms with Gasteiger partial charge in [-0.15, -0.1) is 0 Å². The Morgan fingerprint density at radius 1 is 0.434 bits per heavy atom. The molecule has 0 saturated carbocycles. The van der Waals surface area contributed by atoms with Crippen molar-refractivity contribution in [2.75, 3.05) is 0 Å². The summed E-state index contributed by atoms with van der Waals surface area (Å²) in [6.45, 7) is 0. The molecule has 3 nitrogen and oxygen atoms in total. The van der Waals surface area contributed by atoms with Gasteiger partial charge in [0.1, 0.15) is 18.2 Å². The number of nitrogens with one attached hydrogen (secondary N) is 2. The molecule has 2 unspecified atom stereocenters. The first-order chi connectivity index (χ1) is 26.3. The van der Waals surface area contributed by atoms with Crippen LogP contribution in [0.15, 0.2) is 205 Å². The monoisotopic (exact) mass is 679 g/mol. The van der Waals surface area contributed by atoms with Gasteiger partial charge < -0.3 is 5.32 Å². The molecule has 10 rings (SSSR count). The summed E-state index contributed by atoms with van der Waals surface area (Å²) in [5.74, 6) is 0.882. The predicted octanol–water partition coefficient (Wildman–Crippen LogP) is 11.2. The number of benzene rings is 8. The van der Waals surface area contributed by atoms with Gasteiger partial charge in [-0.05, 0) is 72.5 Å². The highest BCUT2D eigenvalue weighted by molar-refractivity contribution is 6.00. The fourth-order valence-corrected chi connectivity index (χ4v) is 8.61. The summed E-state index contributed by atoms with van der Waals surface area (Å²) >= 11 is 0. The molecule has 0 spiro atoms. The van der Waals surface area contributed by atoms with E-state index in [1.807, 2.05) is 6.07 Å². The summed E-state index contributed by atoms with van der Waals surface area (Å²) in [5, 5.41) is 9.97. The molecule has 0 radical (unpaired) electrons. The molecule has 2 N–H and O–H groups in total. The molecule has 0 amide bonds. The first-order valence-corrected chi connectivity index (χ1v) is 18.4. The average molecular weight is 680 g/mol. The molecule has 1 aliphatic carbocycles. The number of hydrogen-bond donors (Lipinski definition) is 2. The van der Waals surface area contributed by atoms with E-state index in [1.54, 1.807) is 0 Å². The maximum atomic E-state index is 5.19. The highest BCUT2D eigenvalue weighted by Gasteiger charge is 2.46. The second kappa shape index (κ2) is 12.9. The maximum absolute atomic E-state index is 5.19. The Balaban J connectivity index is 1.06. The predicted molar refractivity (Wildman–Crippen MR) is 218 cm³/mol. The van der Waals surface area contributed by atoms with Crippen LogP contribution in [0.25, 0.3) is 33.0 Å². The number of fused-ring (bicyclic) bond motifs is 4. The smallest absolute Gasteiger partial charge is 0.131 e. The van der Waals surface area contributed by atoms with Crippen molar-refractivity contribution < 1.29 is 0 Å². The summed E-state index contributed by atoms with van der Waals surface area (Å²) < 4.78 is 0. The van der Waals surface area contributed by atoms with Gasteiger partial charge in [0, 0.05) is 5.56 Å². The van der Waals surface area contributed by atoms with Crippen LogP contribution in [-0.2, 0) is 5.41 Å². The van der Waals surface area contributed by atoms with Crippen LogP contribution in [0.2, 0.25) is 0 Å². The molecule has 8 aromatic rings. The zero-order chi connectivity index (χ0) is 35.2. The maximum Gasteiger partial charge on any atom is 0.131 e. The molecule has 53 heavy (non-hydrogen) atoms. The molecule has 0 fully saturated rings. The molecular formula is C50H37N3. The Morgan fingerprint density at radius 2 is 1.02 bits per heavy atom. The van der Waals surface area contributed by atoms with E-state index in [2.05, 4.69) is 205 Å². The van der Waals surface area contributed by atoms with Crippen LogP contribution >= 0.6 is 0 Å². The Kier molecular flexibility index (Phi) is 7.59. The van der Waals surface area contributed by atoms with Gasteiger partial charge in [0.2, 0.25) is 0 Å². The molecule has 2 aliphatic rings. The minimum atomic E-state index is -0.425. The summed E-state index contributed by atoms with van der Waals surface area (Å²) in [6, 6.07) is 72.4. The van der Waals surface area contributed by atoms with E-state index >= 15 is 0 Å². The highest BCUT2D eigenvalue weighted by atomic mass is 15.3. The summed E-state index contributed by atoms with van der Waals surface area (Å²) in [4.78, 5) is 5.19. The van der Waals surface area contributed by atoms with Gasteiger partial charge in [-0.25, -0.2) is 4.99 Å². The minimum absolute atomic E-state index is 0.140. The third kappa shape index (κ3) is 5.20. The number of rotatable bonds is 6. The zero-order valence-corrected chi connectivity index (χ0v) is 29.2.